The van der Waals surface area contributed by atoms with Gasteiger partial charge in [-0.1, -0.05) is 6.07 Å². The molecular formula is C14H18F3NO4S. The van der Waals surface area contributed by atoms with Gasteiger partial charge < -0.3 is 10.1 Å². The predicted octanol–water partition coefficient (Wildman–Crippen LogP) is 2.70. The van der Waals surface area contributed by atoms with Gasteiger partial charge in [-0.2, -0.15) is 13.2 Å². The molecule has 130 valence electrons. The van der Waals surface area contributed by atoms with E-state index in [0.717, 1.165) is 0 Å². The third kappa shape index (κ3) is 6.47. The number of anilines is 1. The van der Waals surface area contributed by atoms with Crippen molar-refractivity contribution in [2.24, 2.45) is 0 Å². The van der Waals surface area contributed by atoms with Crippen molar-refractivity contribution in [2.45, 2.75) is 32.2 Å². The summed E-state index contributed by atoms with van der Waals surface area (Å²) in [6, 6.07) is 4.26. The van der Waals surface area contributed by atoms with Crippen LogP contribution in [-0.4, -0.2) is 38.1 Å². The summed E-state index contributed by atoms with van der Waals surface area (Å²) in [5, 5.41) is 1.55. The summed E-state index contributed by atoms with van der Waals surface area (Å²) in [4.78, 5) is 11.8. The van der Waals surface area contributed by atoms with Crippen LogP contribution in [0.15, 0.2) is 18.2 Å². The Labute approximate surface area is 132 Å². The Morgan fingerprint density at radius 1 is 1.30 bits per heavy atom. The molecule has 1 amide bonds. The molecule has 23 heavy (non-hydrogen) atoms. The summed E-state index contributed by atoms with van der Waals surface area (Å²) in [7, 11) is -3.61. The number of carbonyl (C=O) groups excluding carboxylic acids is 1. The minimum atomic E-state index is -4.52. The average molecular weight is 353 g/mol. The molecule has 0 aliphatic carbocycles. The summed E-state index contributed by atoms with van der Waals surface area (Å²) in [5.41, 5.74) is 0.624. The van der Waals surface area contributed by atoms with Gasteiger partial charge in [-0.3, -0.25) is 4.79 Å². The van der Waals surface area contributed by atoms with Crippen molar-refractivity contribution < 1.29 is 31.1 Å². The molecule has 0 unspecified atom stereocenters. The number of rotatable bonds is 6. The van der Waals surface area contributed by atoms with E-state index in [1.165, 1.54) is 26.0 Å². The predicted molar refractivity (Wildman–Crippen MR) is 80.3 cm³/mol. The van der Waals surface area contributed by atoms with E-state index in [1.54, 1.807) is 13.0 Å². The highest BCUT2D eigenvalue weighted by molar-refractivity contribution is 7.92. The van der Waals surface area contributed by atoms with E-state index >= 15 is 0 Å². The van der Waals surface area contributed by atoms with E-state index < -0.39 is 39.5 Å². The second-order valence-electron chi connectivity index (χ2n) is 5.31. The lowest BCUT2D eigenvalue weighted by Gasteiger charge is -2.15. The zero-order valence-electron chi connectivity index (χ0n) is 12.9. The lowest BCUT2D eigenvalue weighted by Crippen LogP contribution is -2.28. The zero-order valence-corrected chi connectivity index (χ0v) is 13.7. The number of ether oxygens (including phenoxy) is 1. The number of halogens is 3. The maximum absolute atomic E-state index is 12.3. The Hall–Kier alpha value is -1.77. The molecule has 0 aliphatic heterocycles. The van der Waals surface area contributed by atoms with Gasteiger partial charge in [0.15, 0.2) is 16.4 Å². The van der Waals surface area contributed by atoms with Crippen LogP contribution in [0.25, 0.3) is 0 Å². The van der Waals surface area contributed by atoms with Crippen LogP contribution < -0.4 is 10.1 Å². The molecule has 0 radical (unpaired) electrons. The molecule has 0 atom stereocenters. The van der Waals surface area contributed by atoms with E-state index in [4.69, 9.17) is 0 Å². The molecule has 0 heterocycles. The van der Waals surface area contributed by atoms with Crippen LogP contribution in [0.3, 0.4) is 0 Å². The summed E-state index contributed by atoms with van der Waals surface area (Å²) < 4.78 is 64.8. The highest BCUT2D eigenvalue weighted by Gasteiger charge is 2.29. The number of hydrogen-bond acceptors (Lipinski definition) is 4. The number of alkyl halides is 3. The second kappa shape index (κ2) is 7.20. The van der Waals surface area contributed by atoms with Crippen molar-refractivity contribution in [1.82, 2.24) is 0 Å². The van der Waals surface area contributed by atoms with Gasteiger partial charge in [0.25, 0.3) is 0 Å². The fourth-order valence-corrected chi connectivity index (χ4v) is 2.32. The van der Waals surface area contributed by atoms with Crippen LogP contribution >= 0.6 is 0 Å². The molecule has 1 aromatic carbocycles. The molecule has 0 fully saturated rings. The highest BCUT2D eigenvalue weighted by Crippen LogP contribution is 2.28. The molecular weight excluding hydrogens is 335 g/mol. The molecule has 9 heteroatoms. The van der Waals surface area contributed by atoms with Gasteiger partial charge in [-0.05, 0) is 38.5 Å². The molecule has 5 nitrogen and oxygen atoms in total. The van der Waals surface area contributed by atoms with Gasteiger partial charge in [0, 0.05) is 0 Å². The number of sulfone groups is 1. The highest BCUT2D eigenvalue weighted by atomic mass is 32.2. The van der Waals surface area contributed by atoms with Crippen LogP contribution in [-0.2, 0) is 14.6 Å². The monoisotopic (exact) mass is 353 g/mol. The SMILES string of the molecule is Cc1ccc(NC(=O)CS(=O)(=O)C(C)C)c(OCC(F)(F)F)c1. The van der Waals surface area contributed by atoms with Crippen LogP contribution in [0.5, 0.6) is 5.75 Å². The Bertz CT molecular complexity index is 669. The first-order valence-electron chi connectivity index (χ1n) is 6.72. The second-order valence-corrected chi connectivity index (χ2v) is 7.86. The number of nitrogens with one attached hydrogen (secondary N) is 1. The normalized spacial score (nSPS) is 12.3. The Kier molecular flexibility index (Phi) is 6.04. The van der Waals surface area contributed by atoms with Crippen molar-refractivity contribution in [3.05, 3.63) is 23.8 Å². The molecule has 0 spiro atoms. The number of aryl methyl sites for hydroxylation is 1. The van der Waals surface area contributed by atoms with Gasteiger partial charge in [-0.15, -0.1) is 0 Å². The lowest BCUT2D eigenvalue weighted by molar-refractivity contribution is -0.153. The van der Waals surface area contributed by atoms with Crippen molar-refractivity contribution in [2.75, 3.05) is 17.7 Å². The van der Waals surface area contributed by atoms with E-state index in [9.17, 15) is 26.4 Å². The van der Waals surface area contributed by atoms with Gasteiger partial charge in [0.05, 0.1) is 10.9 Å². The van der Waals surface area contributed by atoms with Crippen molar-refractivity contribution in [3.8, 4) is 5.75 Å². The fourth-order valence-electron chi connectivity index (χ4n) is 1.55. The van der Waals surface area contributed by atoms with Crippen LogP contribution in [0.4, 0.5) is 18.9 Å². The molecule has 0 bridgehead atoms. The Balaban J connectivity index is 2.89. The number of carbonyl (C=O) groups is 1. The minimum absolute atomic E-state index is 0.0104. The molecule has 1 rings (SSSR count). The first-order valence-corrected chi connectivity index (χ1v) is 8.44. The summed E-state index contributed by atoms with van der Waals surface area (Å²) in [6.07, 6.45) is -4.52. The fraction of sp³-hybridized carbons (Fsp3) is 0.500. The third-order valence-electron chi connectivity index (χ3n) is 2.85. The minimum Gasteiger partial charge on any atom is -0.482 e. The Morgan fingerprint density at radius 2 is 1.91 bits per heavy atom. The summed E-state index contributed by atoms with van der Waals surface area (Å²) in [5.74, 6) is -1.76. The average Bonchev–Trinajstić information content (AvgIpc) is 2.37. The summed E-state index contributed by atoms with van der Waals surface area (Å²) >= 11 is 0. The largest absolute Gasteiger partial charge is 0.482 e. The molecule has 0 saturated carbocycles. The topological polar surface area (TPSA) is 72.5 Å². The zero-order chi connectivity index (χ0) is 17.8. The number of benzene rings is 1. The van der Waals surface area contributed by atoms with E-state index in [1.807, 2.05) is 0 Å². The molecule has 1 N–H and O–H groups in total. The first kappa shape index (κ1) is 19.3. The lowest BCUT2D eigenvalue weighted by atomic mass is 10.2. The molecule has 0 saturated heterocycles. The quantitative estimate of drug-likeness (QED) is 0.853. The van der Waals surface area contributed by atoms with E-state index in [0.29, 0.717) is 5.56 Å². The molecule has 0 aliphatic rings. The third-order valence-corrected chi connectivity index (χ3v) is 4.95. The molecule has 1 aromatic rings. The van der Waals surface area contributed by atoms with Gasteiger partial charge in [0.2, 0.25) is 5.91 Å². The van der Waals surface area contributed by atoms with Crippen molar-refractivity contribution in [1.29, 1.82) is 0 Å². The van der Waals surface area contributed by atoms with Gasteiger partial charge in [-0.25, -0.2) is 8.42 Å². The molecule has 0 aromatic heterocycles. The van der Waals surface area contributed by atoms with Crippen LogP contribution in [0.2, 0.25) is 0 Å². The van der Waals surface area contributed by atoms with Crippen LogP contribution in [0.1, 0.15) is 19.4 Å². The Morgan fingerprint density at radius 3 is 2.43 bits per heavy atom. The maximum atomic E-state index is 12.3. The van der Waals surface area contributed by atoms with Crippen molar-refractivity contribution in [3.63, 3.8) is 0 Å². The number of hydrogen-bond donors (Lipinski definition) is 1. The standard InChI is InChI=1S/C14H18F3NO4S/c1-9(2)23(20,21)7-13(19)18-11-5-4-10(3)6-12(11)22-8-14(15,16)17/h4-6,9H,7-8H2,1-3H3,(H,18,19). The smallest absolute Gasteiger partial charge is 0.422 e. The van der Waals surface area contributed by atoms with Gasteiger partial charge in [0.1, 0.15) is 11.5 Å². The maximum Gasteiger partial charge on any atom is 0.422 e. The van der Waals surface area contributed by atoms with Gasteiger partial charge >= 0.3 is 6.18 Å². The first-order chi connectivity index (χ1) is 10.4. The number of amides is 1. The van der Waals surface area contributed by atoms with Crippen LogP contribution in [0, 0.1) is 6.92 Å². The van der Waals surface area contributed by atoms with E-state index in [-0.39, 0.29) is 11.4 Å². The van der Waals surface area contributed by atoms with Crippen molar-refractivity contribution >= 4 is 21.4 Å². The summed E-state index contributed by atoms with van der Waals surface area (Å²) in [6.45, 7) is 3.01. The van der Waals surface area contributed by atoms with E-state index in [2.05, 4.69) is 10.1 Å².